The summed E-state index contributed by atoms with van der Waals surface area (Å²) in [6, 6.07) is 3.27. The average Bonchev–Trinajstić information content (AvgIpc) is 2.53. The minimum absolute atomic E-state index is 0.0880. The van der Waals surface area contributed by atoms with Crippen LogP contribution in [0.5, 0.6) is 0 Å². The van der Waals surface area contributed by atoms with E-state index in [1.807, 2.05) is 11.0 Å². The van der Waals surface area contributed by atoms with Gasteiger partial charge < -0.3 is 10.0 Å². The van der Waals surface area contributed by atoms with Crippen molar-refractivity contribution in [3.8, 4) is 6.07 Å². The second-order valence-corrected chi connectivity index (χ2v) is 5.14. The second kappa shape index (κ2) is 6.99. The Morgan fingerprint density at radius 2 is 2.19 bits per heavy atom. The quantitative estimate of drug-likeness (QED) is 0.657. The molecule has 0 amide bonds. The van der Waals surface area contributed by atoms with Crippen molar-refractivity contribution in [2.24, 2.45) is 0 Å². The number of aliphatic hydroxyl groups excluding tert-OH is 1. The maximum absolute atomic E-state index is 11.2. The van der Waals surface area contributed by atoms with Gasteiger partial charge >= 0.3 is 5.69 Å². The lowest BCUT2D eigenvalue weighted by Crippen LogP contribution is -2.39. The molecule has 0 radical (unpaired) electrons. The lowest BCUT2D eigenvalue weighted by molar-refractivity contribution is -0.384. The highest BCUT2D eigenvalue weighted by atomic mass is 16.6. The molecular formula is C14H18N4O3. The third kappa shape index (κ3) is 3.47. The minimum atomic E-state index is -0.517. The van der Waals surface area contributed by atoms with Crippen molar-refractivity contribution in [1.29, 1.82) is 5.26 Å². The Bertz CT molecular complexity index is 550. The van der Waals surface area contributed by atoms with Gasteiger partial charge in [0.1, 0.15) is 6.07 Å². The van der Waals surface area contributed by atoms with Gasteiger partial charge in [0, 0.05) is 24.8 Å². The second-order valence-electron chi connectivity index (χ2n) is 5.14. The summed E-state index contributed by atoms with van der Waals surface area (Å²) in [4.78, 5) is 16.7. The first-order valence-electron chi connectivity index (χ1n) is 7.09. The lowest BCUT2D eigenvalue weighted by Gasteiger charge is -2.34. The summed E-state index contributed by atoms with van der Waals surface area (Å²) in [6.45, 7) is 0.222. The van der Waals surface area contributed by atoms with Gasteiger partial charge in [0.15, 0.2) is 0 Å². The fourth-order valence-corrected chi connectivity index (χ4v) is 2.82. The molecule has 0 aliphatic heterocycles. The van der Waals surface area contributed by atoms with Gasteiger partial charge in [-0.15, -0.1) is 0 Å². The highest BCUT2D eigenvalue weighted by molar-refractivity contribution is 5.60. The molecule has 1 N–H and O–H groups in total. The number of pyridine rings is 1. The van der Waals surface area contributed by atoms with Gasteiger partial charge in [0.05, 0.1) is 17.1 Å². The number of anilines is 1. The van der Waals surface area contributed by atoms with Crippen LogP contribution < -0.4 is 4.90 Å². The van der Waals surface area contributed by atoms with E-state index in [1.165, 1.54) is 18.7 Å². The Morgan fingerprint density at radius 3 is 2.76 bits per heavy atom. The Morgan fingerprint density at radius 1 is 1.48 bits per heavy atom. The number of rotatable bonds is 5. The summed E-state index contributed by atoms with van der Waals surface area (Å²) >= 11 is 0. The Labute approximate surface area is 123 Å². The summed E-state index contributed by atoms with van der Waals surface area (Å²) in [5, 5.41) is 29.4. The molecule has 112 valence electrons. The third-order valence-electron chi connectivity index (χ3n) is 3.80. The number of aliphatic hydroxyl groups is 1. The molecule has 1 aromatic rings. The van der Waals surface area contributed by atoms with Crippen molar-refractivity contribution >= 4 is 11.5 Å². The van der Waals surface area contributed by atoms with Crippen LogP contribution in [-0.4, -0.2) is 34.2 Å². The fraction of sp³-hybridized carbons (Fsp3) is 0.571. The summed E-state index contributed by atoms with van der Waals surface area (Å²) in [7, 11) is 0. The zero-order valence-corrected chi connectivity index (χ0v) is 11.7. The molecule has 1 aliphatic rings. The van der Waals surface area contributed by atoms with E-state index in [0.717, 1.165) is 25.7 Å². The number of hydrogen-bond donors (Lipinski definition) is 1. The molecule has 1 fully saturated rings. The Balaban J connectivity index is 2.39. The Kier molecular flexibility index (Phi) is 5.06. The van der Waals surface area contributed by atoms with Crippen LogP contribution in [0.2, 0.25) is 0 Å². The van der Waals surface area contributed by atoms with E-state index in [9.17, 15) is 15.2 Å². The molecule has 1 aromatic heterocycles. The topological polar surface area (TPSA) is 103 Å². The van der Waals surface area contributed by atoms with Crippen molar-refractivity contribution < 1.29 is 10.0 Å². The van der Waals surface area contributed by atoms with Crippen molar-refractivity contribution in [3.05, 3.63) is 27.9 Å². The first kappa shape index (κ1) is 15.2. The zero-order chi connectivity index (χ0) is 15.2. The van der Waals surface area contributed by atoms with Crippen LogP contribution in [0, 0.1) is 21.4 Å². The smallest absolute Gasteiger partial charge is 0.312 e. The number of aromatic nitrogens is 1. The van der Waals surface area contributed by atoms with Crippen LogP contribution in [0.15, 0.2) is 12.3 Å². The molecule has 7 nitrogen and oxygen atoms in total. The van der Waals surface area contributed by atoms with Gasteiger partial charge in [-0.3, -0.25) is 10.1 Å². The van der Waals surface area contributed by atoms with E-state index in [-0.39, 0.29) is 29.7 Å². The Hall–Kier alpha value is -2.20. The van der Waals surface area contributed by atoms with Gasteiger partial charge in [0.25, 0.3) is 0 Å². The van der Waals surface area contributed by atoms with Gasteiger partial charge in [0.2, 0.25) is 5.82 Å². The van der Waals surface area contributed by atoms with E-state index in [1.54, 1.807) is 0 Å². The van der Waals surface area contributed by atoms with E-state index < -0.39 is 4.92 Å². The molecule has 0 spiro atoms. The van der Waals surface area contributed by atoms with Crippen LogP contribution in [-0.2, 0) is 0 Å². The number of nitro groups is 1. The van der Waals surface area contributed by atoms with Crippen molar-refractivity contribution in [3.63, 3.8) is 0 Å². The third-order valence-corrected chi connectivity index (χ3v) is 3.80. The average molecular weight is 290 g/mol. The van der Waals surface area contributed by atoms with Crippen LogP contribution >= 0.6 is 0 Å². The van der Waals surface area contributed by atoms with E-state index >= 15 is 0 Å². The molecule has 2 rings (SSSR count). The minimum Gasteiger partial charge on any atom is -0.395 e. The molecule has 0 unspecified atom stereocenters. The number of nitrogens with zero attached hydrogens (tertiary/aromatic N) is 4. The predicted octanol–water partition coefficient (Wildman–Crippen LogP) is 1.99. The molecule has 0 saturated heterocycles. The SMILES string of the molecule is N#Cc1cnc(N(CCO)C2CCCCC2)c([N+](=O)[O-])c1. The van der Waals surface area contributed by atoms with Crippen molar-refractivity contribution in [2.75, 3.05) is 18.1 Å². The van der Waals surface area contributed by atoms with Crippen molar-refractivity contribution in [1.82, 2.24) is 4.98 Å². The zero-order valence-electron chi connectivity index (χ0n) is 11.7. The van der Waals surface area contributed by atoms with Crippen LogP contribution in [0.4, 0.5) is 11.5 Å². The van der Waals surface area contributed by atoms with Crippen LogP contribution in [0.25, 0.3) is 0 Å². The summed E-state index contributed by atoms with van der Waals surface area (Å²) in [6.07, 6.45) is 6.56. The molecule has 0 bridgehead atoms. The monoisotopic (exact) mass is 290 g/mol. The summed E-state index contributed by atoms with van der Waals surface area (Å²) in [5.74, 6) is 0.250. The molecule has 1 heterocycles. The highest BCUT2D eigenvalue weighted by Gasteiger charge is 2.28. The number of hydrogen-bond acceptors (Lipinski definition) is 6. The van der Waals surface area contributed by atoms with E-state index in [2.05, 4.69) is 4.98 Å². The van der Waals surface area contributed by atoms with Crippen LogP contribution in [0.3, 0.4) is 0 Å². The predicted molar refractivity (Wildman–Crippen MR) is 76.9 cm³/mol. The van der Waals surface area contributed by atoms with Gasteiger partial charge in [-0.25, -0.2) is 4.98 Å². The van der Waals surface area contributed by atoms with Crippen LogP contribution in [0.1, 0.15) is 37.7 Å². The maximum atomic E-state index is 11.2. The first-order valence-corrected chi connectivity index (χ1v) is 7.09. The standard InChI is InChI=1S/C14H18N4O3/c15-9-11-8-13(18(20)21)14(16-10-11)17(6-7-19)12-4-2-1-3-5-12/h8,10,12,19H,1-7H2. The van der Waals surface area contributed by atoms with Crippen molar-refractivity contribution in [2.45, 2.75) is 38.1 Å². The van der Waals surface area contributed by atoms with Gasteiger partial charge in [-0.1, -0.05) is 19.3 Å². The molecule has 1 aliphatic carbocycles. The maximum Gasteiger partial charge on any atom is 0.312 e. The fourth-order valence-electron chi connectivity index (χ4n) is 2.82. The molecular weight excluding hydrogens is 272 g/mol. The van der Waals surface area contributed by atoms with Gasteiger partial charge in [-0.05, 0) is 12.8 Å². The van der Waals surface area contributed by atoms with E-state index in [0.29, 0.717) is 6.54 Å². The molecule has 0 atom stereocenters. The molecule has 0 aromatic carbocycles. The van der Waals surface area contributed by atoms with E-state index in [4.69, 9.17) is 5.26 Å². The summed E-state index contributed by atoms with van der Waals surface area (Å²) < 4.78 is 0. The molecule has 1 saturated carbocycles. The lowest BCUT2D eigenvalue weighted by atomic mass is 9.94. The normalized spacial score (nSPS) is 15.4. The first-order chi connectivity index (χ1) is 10.2. The number of nitriles is 1. The summed E-state index contributed by atoms with van der Waals surface area (Å²) in [5.41, 5.74) is -0.00823. The largest absolute Gasteiger partial charge is 0.395 e. The molecule has 7 heteroatoms. The van der Waals surface area contributed by atoms with Gasteiger partial charge in [-0.2, -0.15) is 5.26 Å². The molecule has 21 heavy (non-hydrogen) atoms. The highest BCUT2D eigenvalue weighted by Crippen LogP contribution is 2.32.